The first-order valence-corrected chi connectivity index (χ1v) is 8.43. The molecular weight excluding hydrogens is 306 g/mol. The number of ether oxygens (including phenoxy) is 1. The molecule has 4 rings (SSSR count). The minimum Gasteiger partial charge on any atom is -0.487 e. The van der Waals surface area contributed by atoms with Gasteiger partial charge in [-0.25, -0.2) is 4.98 Å². The van der Waals surface area contributed by atoms with Crippen LogP contribution in [0, 0.1) is 5.92 Å². The van der Waals surface area contributed by atoms with Gasteiger partial charge in [0, 0.05) is 31.7 Å². The molecule has 1 saturated heterocycles. The Balaban J connectivity index is 1.63. The van der Waals surface area contributed by atoms with Gasteiger partial charge in [0.25, 0.3) is 5.56 Å². The second-order valence-corrected chi connectivity index (χ2v) is 6.50. The number of aliphatic hydroxyl groups excluding tert-OH is 1. The highest BCUT2D eigenvalue weighted by Gasteiger charge is 2.23. The zero-order valence-corrected chi connectivity index (χ0v) is 13.5. The number of benzene rings is 1. The predicted octanol–water partition coefficient (Wildman–Crippen LogP) is 1.46. The van der Waals surface area contributed by atoms with Gasteiger partial charge in [0.2, 0.25) is 5.95 Å². The van der Waals surface area contributed by atoms with Crippen molar-refractivity contribution in [3.05, 3.63) is 51.4 Å². The first-order valence-electron chi connectivity index (χ1n) is 8.43. The van der Waals surface area contributed by atoms with E-state index in [0.29, 0.717) is 36.2 Å². The smallest absolute Gasteiger partial charge is 0.256 e. The molecule has 6 nitrogen and oxygen atoms in total. The Kier molecular flexibility index (Phi) is 3.98. The van der Waals surface area contributed by atoms with Crippen LogP contribution in [0.15, 0.2) is 29.1 Å². The topological polar surface area (TPSA) is 78.5 Å². The molecule has 1 fully saturated rings. The molecule has 6 heteroatoms. The standard InChI is InChI=1S/C18H21N3O3/c22-10-12-5-7-21(8-6-12)18-19-15-11-24-16-4-2-1-3-13(16)9-14(15)17(23)20-18/h1-4,12,22H,5-11H2,(H,19,20,23). The molecule has 1 aromatic heterocycles. The highest BCUT2D eigenvalue weighted by Crippen LogP contribution is 2.27. The highest BCUT2D eigenvalue weighted by molar-refractivity contribution is 5.42. The van der Waals surface area contributed by atoms with Gasteiger partial charge in [-0.15, -0.1) is 0 Å². The summed E-state index contributed by atoms with van der Waals surface area (Å²) in [5, 5.41) is 9.26. The number of aliphatic hydroxyl groups is 1. The number of aromatic nitrogens is 2. The molecule has 2 N–H and O–H groups in total. The van der Waals surface area contributed by atoms with Crippen molar-refractivity contribution < 1.29 is 9.84 Å². The number of aromatic amines is 1. The van der Waals surface area contributed by atoms with E-state index in [1.165, 1.54) is 0 Å². The van der Waals surface area contributed by atoms with Crippen LogP contribution in [0.25, 0.3) is 0 Å². The molecule has 0 unspecified atom stereocenters. The maximum atomic E-state index is 12.6. The van der Waals surface area contributed by atoms with Crippen molar-refractivity contribution in [3.8, 4) is 5.75 Å². The predicted molar refractivity (Wildman–Crippen MR) is 90.5 cm³/mol. The number of H-pyrrole nitrogens is 1. The summed E-state index contributed by atoms with van der Waals surface area (Å²) in [6.45, 7) is 2.15. The van der Waals surface area contributed by atoms with Gasteiger partial charge in [-0.1, -0.05) is 18.2 Å². The van der Waals surface area contributed by atoms with Crippen molar-refractivity contribution in [2.24, 2.45) is 5.92 Å². The number of fused-ring (bicyclic) bond motifs is 2. The lowest BCUT2D eigenvalue weighted by atomic mass is 9.98. The molecule has 0 atom stereocenters. The van der Waals surface area contributed by atoms with E-state index in [0.717, 1.165) is 37.2 Å². The summed E-state index contributed by atoms with van der Waals surface area (Å²) in [5.74, 6) is 1.79. The van der Waals surface area contributed by atoms with Crippen molar-refractivity contribution in [2.75, 3.05) is 24.6 Å². The van der Waals surface area contributed by atoms with E-state index in [2.05, 4.69) is 14.9 Å². The van der Waals surface area contributed by atoms with Gasteiger partial charge in [-0.3, -0.25) is 9.78 Å². The fraction of sp³-hybridized carbons (Fsp3) is 0.444. The molecular formula is C18H21N3O3. The normalized spacial score (nSPS) is 17.6. The zero-order valence-electron chi connectivity index (χ0n) is 13.5. The van der Waals surface area contributed by atoms with Crippen LogP contribution < -0.4 is 15.2 Å². The van der Waals surface area contributed by atoms with Crippen LogP contribution >= 0.6 is 0 Å². The van der Waals surface area contributed by atoms with Gasteiger partial charge in [-0.05, 0) is 30.4 Å². The minimum atomic E-state index is -0.0837. The fourth-order valence-corrected chi connectivity index (χ4v) is 3.44. The molecule has 0 radical (unpaired) electrons. The summed E-state index contributed by atoms with van der Waals surface area (Å²) in [6, 6.07) is 7.80. The third kappa shape index (κ3) is 2.78. The van der Waals surface area contributed by atoms with Crippen LogP contribution in [0.5, 0.6) is 5.75 Å². The van der Waals surface area contributed by atoms with Gasteiger partial charge >= 0.3 is 0 Å². The molecule has 0 saturated carbocycles. The molecule has 0 spiro atoms. The Labute approximate surface area is 140 Å². The summed E-state index contributed by atoms with van der Waals surface area (Å²) in [5.41, 5.74) is 2.34. The van der Waals surface area contributed by atoms with E-state index in [9.17, 15) is 9.90 Å². The third-order valence-electron chi connectivity index (χ3n) is 4.97. The Morgan fingerprint density at radius 3 is 2.88 bits per heavy atom. The lowest BCUT2D eigenvalue weighted by Crippen LogP contribution is -2.37. The molecule has 2 aliphatic heterocycles. The quantitative estimate of drug-likeness (QED) is 0.873. The summed E-state index contributed by atoms with van der Waals surface area (Å²) in [6.07, 6.45) is 2.37. The number of para-hydroxylation sites is 1. The monoisotopic (exact) mass is 327 g/mol. The van der Waals surface area contributed by atoms with Crippen molar-refractivity contribution in [3.63, 3.8) is 0 Å². The molecule has 126 valence electrons. The molecule has 1 aromatic carbocycles. The fourth-order valence-electron chi connectivity index (χ4n) is 3.44. The van der Waals surface area contributed by atoms with Gasteiger partial charge in [0.15, 0.2) is 0 Å². The van der Waals surface area contributed by atoms with Crippen LogP contribution in [0.1, 0.15) is 29.7 Å². The number of anilines is 1. The van der Waals surface area contributed by atoms with Crippen LogP contribution in [0.4, 0.5) is 5.95 Å². The zero-order chi connectivity index (χ0) is 16.5. The van der Waals surface area contributed by atoms with E-state index in [-0.39, 0.29) is 12.2 Å². The Morgan fingerprint density at radius 2 is 2.08 bits per heavy atom. The number of nitrogens with one attached hydrogen (secondary N) is 1. The first-order chi connectivity index (χ1) is 11.7. The minimum absolute atomic E-state index is 0.0837. The summed E-state index contributed by atoms with van der Waals surface area (Å²) < 4.78 is 5.84. The van der Waals surface area contributed by atoms with Crippen molar-refractivity contribution in [2.45, 2.75) is 25.9 Å². The molecule has 2 aliphatic rings. The SMILES string of the molecule is O=c1[nH]c(N2CCC(CO)CC2)nc2c1Cc1ccccc1OC2. The average molecular weight is 327 g/mol. The Hall–Kier alpha value is -2.34. The van der Waals surface area contributed by atoms with Gasteiger partial charge in [-0.2, -0.15) is 0 Å². The molecule has 2 aromatic rings. The number of rotatable bonds is 2. The van der Waals surface area contributed by atoms with E-state index in [4.69, 9.17) is 4.74 Å². The van der Waals surface area contributed by atoms with Gasteiger partial charge < -0.3 is 14.7 Å². The molecule has 0 bridgehead atoms. The summed E-state index contributed by atoms with van der Waals surface area (Å²) in [4.78, 5) is 22.3. The van der Waals surface area contributed by atoms with Crippen molar-refractivity contribution in [1.29, 1.82) is 0 Å². The maximum Gasteiger partial charge on any atom is 0.256 e. The first kappa shape index (κ1) is 15.2. The molecule has 24 heavy (non-hydrogen) atoms. The van der Waals surface area contributed by atoms with Crippen LogP contribution in [0.3, 0.4) is 0 Å². The van der Waals surface area contributed by atoms with Crippen LogP contribution in [0.2, 0.25) is 0 Å². The van der Waals surface area contributed by atoms with E-state index in [1.54, 1.807) is 0 Å². The number of hydrogen-bond acceptors (Lipinski definition) is 5. The van der Waals surface area contributed by atoms with Crippen molar-refractivity contribution >= 4 is 5.95 Å². The maximum absolute atomic E-state index is 12.6. The average Bonchev–Trinajstić information content (AvgIpc) is 2.82. The van der Waals surface area contributed by atoms with E-state index in [1.807, 2.05) is 24.3 Å². The third-order valence-corrected chi connectivity index (χ3v) is 4.97. The molecule has 3 heterocycles. The number of hydrogen-bond donors (Lipinski definition) is 2. The van der Waals surface area contributed by atoms with Gasteiger partial charge in [0.1, 0.15) is 12.4 Å². The highest BCUT2D eigenvalue weighted by atomic mass is 16.5. The van der Waals surface area contributed by atoms with Crippen LogP contribution in [-0.4, -0.2) is 34.8 Å². The summed E-state index contributed by atoms with van der Waals surface area (Å²) >= 11 is 0. The molecule has 0 aliphatic carbocycles. The van der Waals surface area contributed by atoms with Crippen molar-refractivity contribution in [1.82, 2.24) is 9.97 Å². The number of piperidine rings is 1. The van der Waals surface area contributed by atoms with E-state index < -0.39 is 0 Å². The second-order valence-electron chi connectivity index (χ2n) is 6.50. The molecule has 0 amide bonds. The lowest BCUT2D eigenvalue weighted by Gasteiger charge is -2.31. The largest absolute Gasteiger partial charge is 0.487 e. The summed E-state index contributed by atoms with van der Waals surface area (Å²) in [7, 11) is 0. The number of nitrogens with zero attached hydrogens (tertiary/aromatic N) is 2. The van der Waals surface area contributed by atoms with Crippen LogP contribution in [-0.2, 0) is 13.0 Å². The second kappa shape index (κ2) is 6.28. The van der Waals surface area contributed by atoms with E-state index >= 15 is 0 Å². The van der Waals surface area contributed by atoms with Gasteiger partial charge in [0.05, 0.1) is 5.69 Å². The Bertz CT molecular complexity index is 794. The lowest BCUT2D eigenvalue weighted by molar-refractivity contribution is 0.202. The Morgan fingerprint density at radius 1 is 1.29 bits per heavy atom.